The Balaban J connectivity index is 2.38. The zero-order chi connectivity index (χ0) is 15.9. The van der Waals surface area contributed by atoms with Crippen LogP contribution in [0.25, 0.3) is 10.2 Å². The Morgan fingerprint density at radius 3 is 2.48 bits per heavy atom. The molecule has 8 heteroatoms. The van der Waals surface area contributed by atoms with Crippen molar-refractivity contribution < 1.29 is 9.59 Å². The first-order chi connectivity index (χ1) is 9.73. The van der Waals surface area contributed by atoms with E-state index in [1.807, 2.05) is 20.8 Å². The second-order valence-electron chi connectivity index (χ2n) is 5.33. The van der Waals surface area contributed by atoms with Gasteiger partial charge in [0.15, 0.2) is 0 Å². The van der Waals surface area contributed by atoms with Crippen LogP contribution >= 0.6 is 11.3 Å². The summed E-state index contributed by atoms with van der Waals surface area (Å²) in [5.41, 5.74) is 12.5. The Hall–Kier alpha value is -2.09. The van der Waals surface area contributed by atoms with E-state index in [4.69, 9.17) is 11.5 Å². The maximum atomic E-state index is 12.4. The van der Waals surface area contributed by atoms with Gasteiger partial charge in [-0.1, -0.05) is 13.8 Å². The number of aryl methyl sites for hydroxylation is 2. The van der Waals surface area contributed by atoms with Crippen molar-refractivity contribution in [3.05, 3.63) is 10.6 Å². The standard InChI is InChI=1S/C13H19N5O2S/c1-5(2)9(11(15)19)16-12(20)10-8(14)7-6(3)17-18(4)13(7)21-10/h5,9H,14H2,1-4H3,(H2,15,19)(H,16,20). The SMILES string of the molecule is Cc1nn(C)c2sc(C(=O)NC(C(N)=O)C(C)C)c(N)c12. The van der Waals surface area contributed by atoms with Crippen LogP contribution in [0.15, 0.2) is 0 Å². The number of fused-ring (bicyclic) bond motifs is 1. The molecule has 7 nitrogen and oxygen atoms in total. The molecule has 0 spiro atoms. The lowest BCUT2D eigenvalue weighted by Crippen LogP contribution is -2.47. The number of hydrogen-bond acceptors (Lipinski definition) is 5. The average Bonchev–Trinajstić information content (AvgIpc) is 2.85. The highest BCUT2D eigenvalue weighted by atomic mass is 32.1. The van der Waals surface area contributed by atoms with Crippen molar-refractivity contribution in [1.29, 1.82) is 0 Å². The van der Waals surface area contributed by atoms with E-state index in [1.54, 1.807) is 11.7 Å². The Morgan fingerprint density at radius 1 is 1.38 bits per heavy atom. The highest BCUT2D eigenvalue weighted by Crippen LogP contribution is 2.35. The Morgan fingerprint density at radius 2 is 2.00 bits per heavy atom. The highest BCUT2D eigenvalue weighted by molar-refractivity contribution is 7.21. The Labute approximate surface area is 126 Å². The minimum Gasteiger partial charge on any atom is -0.397 e. The summed E-state index contributed by atoms with van der Waals surface area (Å²) in [6.07, 6.45) is 0. The number of amides is 2. The maximum absolute atomic E-state index is 12.4. The maximum Gasteiger partial charge on any atom is 0.264 e. The summed E-state index contributed by atoms with van der Waals surface area (Å²) < 4.78 is 1.69. The van der Waals surface area contributed by atoms with E-state index >= 15 is 0 Å². The molecule has 0 saturated heterocycles. The first-order valence-electron chi connectivity index (χ1n) is 6.55. The first-order valence-corrected chi connectivity index (χ1v) is 7.37. The predicted octanol–water partition coefficient (Wildman–Crippen LogP) is 0.765. The number of anilines is 1. The molecule has 0 aliphatic carbocycles. The summed E-state index contributed by atoms with van der Waals surface area (Å²) >= 11 is 1.26. The van der Waals surface area contributed by atoms with Crippen LogP contribution in [0.2, 0.25) is 0 Å². The average molecular weight is 309 g/mol. The number of thiophene rings is 1. The number of rotatable bonds is 4. The zero-order valence-electron chi connectivity index (χ0n) is 12.4. The number of carbonyl (C=O) groups is 2. The van der Waals surface area contributed by atoms with E-state index in [2.05, 4.69) is 10.4 Å². The molecule has 5 N–H and O–H groups in total. The van der Waals surface area contributed by atoms with Gasteiger partial charge in [0.2, 0.25) is 5.91 Å². The third-order valence-corrected chi connectivity index (χ3v) is 4.62. The van der Waals surface area contributed by atoms with Gasteiger partial charge in [-0.3, -0.25) is 14.3 Å². The molecule has 2 aromatic rings. The van der Waals surface area contributed by atoms with Gasteiger partial charge in [0.1, 0.15) is 15.7 Å². The van der Waals surface area contributed by atoms with E-state index in [-0.39, 0.29) is 11.8 Å². The molecule has 0 saturated carbocycles. The smallest absolute Gasteiger partial charge is 0.264 e. The van der Waals surface area contributed by atoms with Crippen LogP contribution in [0.5, 0.6) is 0 Å². The van der Waals surface area contributed by atoms with E-state index in [9.17, 15) is 9.59 Å². The fourth-order valence-electron chi connectivity index (χ4n) is 2.27. The Bertz CT molecular complexity index is 716. The van der Waals surface area contributed by atoms with Crippen LogP contribution in [-0.4, -0.2) is 27.6 Å². The molecular formula is C13H19N5O2S. The summed E-state index contributed by atoms with van der Waals surface area (Å²) in [7, 11) is 1.80. The lowest BCUT2D eigenvalue weighted by atomic mass is 10.0. The molecule has 0 fully saturated rings. The van der Waals surface area contributed by atoms with Crippen LogP contribution < -0.4 is 16.8 Å². The van der Waals surface area contributed by atoms with E-state index in [0.29, 0.717) is 10.6 Å². The third-order valence-electron chi connectivity index (χ3n) is 3.35. The van der Waals surface area contributed by atoms with Gasteiger partial charge >= 0.3 is 0 Å². The number of aromatic nitrogens is 2. The molecule has 2 amide bonds. The van der Waals surface area contributed by atoms with Gasteiger partial charge in [-0.2, -0.15) is 5.10 Å². The zero-order valence-corrected chi connectivity index (χ0v) is 13.2. The van der Waals surface area contributed by atoms with Gasteiger partial charge in [-0.05, 0) is 12.8 Å². The molecule has 114 valence electrons. The minimum atomic E-state index is -0.721. The predicted molar refractivity (Wildman–Crippen MR) is 83.0 cm³/mol. The van der Waals surface area contributed by atoms with Crippen LogP contribution in [0, 0.1) is 12.8 Å². The number of carbonyl (C=O) groups excluding carboxylic acids is 2. The molecular weight excluding hydrogens is 290 g/mol. The summed E-state index contributed by atoms with van der Waals surface area (Å²) in [6, 6.07) is -0.721. The molecule has 2 heterocycles. The van der Waals surface area contributed by atoms with Crippen molar-refractivity contribution in [2.24, 2.45) is 18.7 Å². The van der Waals surface area contributed by atoms with Crippen molar-refractivity contribution >= 4 is 39.1 Å². The Kier molecular flexibility index (Phi) is 3.91. The molecule has 0 bridgehead atoms. The van der Waals surface area contributed by atoms with Gasteiger partial charge in [0.05, 0.1) is 16.8 Å². The molecule has 1 unspecified atom stereocenters. The number of nitrogens with one attached hydrogen (secondary N) is 1. The molecule has 0 radical (unpaired) electrons. The molecule has 2 rings (SSSR count). The molecule has 1 atom stereocenters. The quantitative estimate of drug-likeness (QED) is 0.773. The van der Waals surface area contributed by atoms with Crippen molar-refractivity contribution in [2.45, 2.75) is 26.8 Å². The van der Waals surface area contributed by atoms with Crippen molar-refractivity contribution in [3.8, 4) is 0 Å². The van der Waals surface area contributed by atoms with Gasteiger partial charge in [0.25, 0.3) is 5.91 Å². The van der Waals surface area contributed by atoms with E-state index in [0.717, 1.165) is 15.9 Å². The summed E-state index contributed by atoms with van der Waals surface area (Å²) in [4.78, 5) is 25.0. The van der Waals surface area contributed by atoms with Gasteiger partial charge in [-0.25, -0.2) is 0 Å². The summed E-state index contributed by atoms with van der Waals surface area (Å²) in [5, 5.41) is 7.71. The van der Waals surface area contributed by atoms with Crippen LogP contribution in [0.4, 0.5) is 5.69 Å². The number of nitrogens with two attached hydrogens (primary N) is 2. The number of primary amides is 1. The van der Waals surface area contributed by atoms with Crippen LogP contribution in [0.3, 0.4) is 0 Å². The number of nitrogens with zero attached hydrogens (tertiary/aromatic N) is 2. The monoisotopic (exact) mass is 309 g/mol. The molecule has 0 aromatic carbocycles. The van der Waals surface area contributed by atoms with Gasteiger partial charge < -0.3 is 16.8 Å². The second-order valence-corrected chi connectivity index (χ2v) is 6.33. The lowest BCUT2D eigenvalue weighted by molar-refractivity contribution is -0.120. The third kappa shape index (κ3) is 2.58. The molecule has 0 aliphatic rings. The highest BCUT2D eigenvalue weighted by Gasteiger charge is 2.26. The van der Waals surface area contributed by atoms with Gasteiger partial charge in [-0.15, -0.1) is 11.3 Å². The number of hydrogen-bond donors (Lipinski definition) is 3. The molecule has 2 aromatic heterocycles. The second kappa shape index (κ2) is 5.36. The lowest BCUT2D eigenvalue weighted by Gasteiger charge is -2.18. The topological polar surface area (TPSA) is 116 Å². The summed E-state index contributed by atoms with van der Waals surface area (Å²) in [5.74, 6) is -1.04. The van der Waals surface area contributed by atoms with E-state index < -0.39 is 11.9 Å². The van der Waals surface area contributed by atoms with Crippen molar-refractivity contribution in [2.75, 3.05) is 5.73 Å². The van der Waals surface area contributed by atoms with Crippen LogP contribution in [0.1, 0.15) is 29.2 Å². The van der Waals surface area contributed by atoms with Crippen molar-refractivity contribution in [3.63, 3.8) is 0 Å². The summed E-state index contributed by atoms with van der Waals surface area (Å²) in [6.45, 7) is 5.48. The fraction of sp³-hybridized carbons (Fsp3) is 0.462. The first kappa shape index (κ1) is 15.3. The number of nitrogen functional groups attached to an aromatic ring is 1. The van der Waals surface area contributed by atoms with Gasteiger partial charge in [0, 0.05) is 7.05 Å². The normalized spacial score (nSPS) is 12.8. The fourth-order valence-corrected chi connectivity index (χ4v) is 3.36. The van der Waals surface area contributed by atoms with Crippen LogP contribution in [-0.2, 0) is 11.8 Å². The minimum absolute atomic E-state index is 0.0922. The largest absolute Gasteiger partial charge is 0.397 e. The van der Waals surface area contributed by atoms with Crippen molar-refractivity contribution in [1.82, 2.24) is 15.1 Å². The molecule has 0 aliphatic heterocycles. The van der Waals surface area contributed by atoms with E-state index in [1.165, 1.54) is 11.3 Å². The molecule has 21 heavy (non-hydrogen) atoms.